The van der Waals surface area contributed by atoms with Crippen molar-refractivity contribution in [3.05, 3.63) is 29.0 Å². The first-order valence-corrected chi connectivity index (χ1v) is 5.46. The van der Waals surface area contributed by atoms with Crippen LogP contribution in [-0.4, -0.2) is 30.8 Å². The third-order valence-corrected chi connectivity index (χ3v) is 2.17. The van der Waals surface area contributed by atoms with Gasteiger partial charge in [-0.1, -0.05) is 17.7 Å². The Hall–Kier alpha value is -0.640. The van der Waals surface area contributed by atoms with Crippen molar-refractivity contribution in [1.82, 2.24) is 10.3 Å². The van der Waals surface area contributed by atoms with Crippen molar-refractivity contribution in [2.75, 3.05) is 19.8 Å². The number of hydrogen-bond donors (Lipinski definition) is 1. The van der Waals surface area contributed by atoms with Gasteiger partial charge in [0.05, 0.1) is 13.2 Å². The molecule has 15 heavy (non-hydrogen) atoms. The molecule has 0 aromatic carbocycles. The van der Waals surface area contributed by atoms with Gasteiger partial charge < -0.3 is 10.1 Å². The quantitative estimate of drug-likeness (QED) is 0.690. The van der Waals surface area contributed by atoms with E-state index in [2.05, 4.69) is 17.2 Å². The van der Waals surface area contributed by atoms with Crippen LogP contribution in [0, 0.1) is 6.92 Å². The second-order valence-electron chi connectivity index (χ2n) is 3.53. The molecule has 0 bridgehead atoms. The zero-order valence-electron chi connectivity index (χ0n) is 9.16. The van der Waals surface area contributed by atoms with Crippen LogP contribution in [0.25, 0.3) is 0 Å². The fourth-order valence-corrected chi connectivity index (χ4v) is 1.41. The van der Waals surface area contributed by atoms with Gasteiger partial charge in [0, 0.05) is 18.3 Å². The van der Waals surface area contributed by atoms with Crippen molar-refractivity contribution < 1.29 is 4.74 Å². The van der Waals surface area contributed by atoms with Crippen LogP contribution in [0.5, 0.6) is 0 Å². The predicted molar refractivity (Wildman–Crippen MR) is 62.3 cm³/mol. The van der Waals surface area contributed by atoms with E-state index >= 15 is 0 Å². The van der Waals surface area contributed by atoms with Crippen molar-refractivity contribution >= 4 is 11.6 Å². The Balaban J connectivity index is 0.000000151. The summed E-state index contributed by atoms with van der Waals surface area (Å²) in [6.45, 7) is 6.80. The van der Waals surface area contributed by atoms with E-state index in [-0.39, 0.29) is 0 Å². The number of hydrogen-bond acceptors (Lipinski definition) is 3. The lowest BCUT2D eigenvalue weighted by atomic mass is 10.3. The molecule has 0 spiro atoms. The first-order valence-electron chi connectivity index (χ1n) is 5.09. The monoisotopic (exact) mass is 228 g/mol. The Labute approximate surface area is 95.8 Å². The Morgan fingerprint density at radius 2 is 2.33 bits per heavy atom. The molecule has 3 nitrogen and oxygen atoms in total. The number of morpholine rings is 1. The summed E-state index contributed by atoms with van der Waals surface area (Å²) in [5.74, 6) is 0. The first-order chi connectivity index (χ1) is 7.18. The van der Waals surface area contributed by atoms with Crippen molar-refractivity contribution in [3.8, 4) is 0 Å². The molecule has 1 aliphatic rings. The number of pyridine rings is 1. The van der Waals surface area contributed by atoms with Crippen LogP contribution in [0.15, 0.2) is 18.2 Å². The van der Waals surface area contributed by atoms with E-state index in [4.69, 9.17) is 16.3 Å². The van der Waals surface area contributed by atoms with E-state index in [0.29, 0.717) is 11.2 Å². The van der Waals surface area contributed by atoms with Gasteiger partial charge in [-0.2, -0.15) is 0 Å². The summed E-state index contributed by atoms with van der Waals surface area (Å²) in [6.07, 6.45) is 0. The topological polar surface area (TPSA) is 34.1 Å². The van der Waals surface area contributed by atoms with Crippen LogP contribution in [0.4, 0.5) is 0 Å². The number of ether oxygens (including phenoxy) is 1. The Kier molecular flexibility index (Phi) is 5.61. The Morgan fingerprint density at radius 3 is 2.67 bits per heavy atom. The Morgan fingerprint density at radius 1 is 1.53 bits per heavy atom. The summed E-state index contributed by atoms with van der Waals surface area (Å²) >= 11 is 5.53. The zero-order chi connectivity index (χ0) is 11.1. The minimum atomic E-state index is 0.560. The lowest BCUT2D eigenvalue weighted by Gasteiger charge is -2.19. The third-order valence-electron chi connectivity index (χ3n) is 1.96. The smallest absolute Gasteiger partial charge is 0.129 e. The number of nitrogens with zero attached hydrogens (tertiary/aromatic N) is 1. The maximum absolute atomic E-state index is 5.53. The molecule has 0 amide bonds. The highest BCUT2D eigenvalue weighted by Gasteiger charge is 2.04. The fourth-order valence-electron chi connectivity index (χ4n) is 1.21. The van der Waals surface area contributed by atoms with Gasteiger partial charge in [0.15, 0.2) is 0 Å². The van der Waals surface area contributed by atoms with Crippen LogP contribution < -0.4 is 5.32 Å². The van der Waals surface area contributed by atoms with Crippen molar-refractivity contribution in [2.45, 2.75) is 19.9 Å². The SMILES string of the molecule is CC1COCCN1.Cc1cccc(Cl)n1. The van der Waals surface area contributed by atoms with Crippen LogP contribution >= 0.6 is 11.6 Å². The molecule has 1 saturated heterocycles. The second-order valence-corrected chi connectivity index (χ2v) is 3.92. The third kappa shape index (κ3) is 5.72. The number of nitrogens with one attached hydrogen (secondary N) is 1. The molecule has 0 radical (unpaired) electrons. The van der Waals surface area contributed by atoms with E-state index in [1.165, 1.54) is 0 Å². The molecule has 1 aromatic heterocycles. The van der Waals surface area contributed by atoms with Crippen LogP contribution in [0.2, 0.25) is 5.15 Å². The van der Waals surface area contributed by atoms with Crippen molar-refractivity contribution in [3.63, 3.8) is 0 Å². The molecule has 0 aliphatic carbocycles. The predicted octanol–water partition coefficient (Wildman–Crippen LogP) is 2.04. The van der Waals surface area contributed by atoms with Gasteiger partial charge >= 0.3 is 0 Å². The molecule has 2 heterocycles. The van der Waals surface area contributed by atoms with Gasteiger partial charge in [-0.15, -0.1) is 0 Å². The molecule has 1 aliphatic heterocycles. The normalized spacial score (nSPS) is 20.3. The molecule has 1 unspecified atom stereocenters. The standard InChI is InChI=1S/C6H6ClN.C5H11NO/c1-5-3-2-4-6(7)8-5;1-5-4-7-3-2-6-5/h2-4H,1H3;5-6H,2-4H2,1H3. The van der Waals surface area contributed by atoms with E-state index in [1.807, 2.05) is 19.1 Å². The van der Waals surface area contributed by atoms with E-state index < -0.39 is 0 Å². The minimum Gasteiger partial charge on any atom is -0.379 e. The lowest BCUT2D eigenvalue weighted by Crippen LogP contribution is -2.38. The lowest BCUT2D eigenvalue weighted by molar-refractivity contribution is 0.0824. The summed E-state index contributed by atoms with van der Waals surface area (Å²) in [6, 6.07) is 6.11. The van der Waals surface area contributed by atoms with Gasteiger partial charge in [0.1, 0.15) is 5.15 Å². The number of aromatic nitrogens is 1. The maximum Gasteiger partial charge on any atom is 0.129 e. The van der Waals surface area contributed by atoms with E-state index in [1.54, 1.807) is 6.07 Å². The first kappa shape index (κ1) is 12.4. The van der Waals surface area contributed by atoms with Gasteiger partial charge in [-0.25, -0.2) is 4.98 Å². The summed E-state index contributed by atoms with van der Waals surface area (Å²) < 4.78 is 5.12. The molecular weight excluding hydrogens is 212 g/mol. The van der Waals surface area contributed by atoms with E-state index in [0.717, 1.165) is 25.5 Å². The van der Waals surface area contributed by atoms with Gasteiger partial charge in [0.2, 0.25) is 0 Å². The number of halogens is 1. The molecule has 0 saturated carbocycles. The average molecular weight is 229 g/mol. The number of rotatable bonds is 0. The highest BCUT2D eigenvalue weighted by atomic mass is 35.5. The fraction of sp³-hybridized carbons (Fsp3) is 0.545. The molecular formula is C11H17ClN2O. The van der Waals surface area contributed by atoms with Gasteiger partial charge in [-0.3, -0.25) is 0 Å². The molecule has 84 valence electrons. The summed E-state index contributed by atoms with van der Waals surface area (Å²) in [5, 5.41) is 3.82. The molecule has 1 atom stereocenters. The average Bonchev–Trinajstić information content (AvgIpc) is 2.19. The zero-order valence-corrected chi connectivity index (χ0v) is 9.92. The van der Waals surface area contributed by atoms with Crippen molar-refractivity contribution in [1.29, 1.82) is 0 Å². The minimum absolute atomic E-state index is 0.560. The van der Waals surface area contributed by atoms with E-state index in [9.17, 15) is 0 Å². The van der Waals surface area contributed by atoms with Crippen LogP contribution in [0.3, 0.4) is 0 Å². The molecule has 1 fully saturated rings. The largest absolute Gasteiger partial charge is 0.379 e. The highest BCUT2D eigenvalue weighted by molar-refractivity contribution is 6.29. The number of aryl methyl sites for hydroxylation is 1. The van der Waals surface area contributed by atoms with Crippen LogP contribution in [-0.2, 0) is 4.74 Å². The van der Waals surface area contributed by atoms with Gasteiger partial charge in [0.25, 0.3) is 0 Å². The molecule has 2 rings (SSSR count). The molecule has 4 heteroatoms. The van der Waals surface area contributed by atoms with Crippen LogP contribution in [0.1, 0.15) is 12.6 Å². The molecule has 1 aromatic rings. The molecule has 1 N–H and O–H groups in total. The summed E-state index contributed by atoms with van der Waals surface area (Å²) in [5.41, 5.74) is 0.956. The van der Waals surface area contributed by atoms with Gasteiger partial charge in [-0.05, 0) is 26.0 Å². The summed E-state index contributed by atoms with van der Waals surface area (Å²) in [4.78, 5) is 3.94. The van der Waals surface area contributed by atoms with Crippen molar-refractivity contribution in [2.24, 2.45) is 0 Å². The second kappa shape index (κ2) is 6.77. The highest BCUT2D eigenvalue weighted by Crippen LogP contribution is 2.02. The summed E-state index contributed by atoms with van der Waals surface area (Å²) in [7, 11) is 0. The Bertz CT molecular complexity index is 270. The maximum atomic E-state index is 5.53.